The number of aliphatic carboxylic acids is 1. The zero-order valence-electron chi connectivity index (χ0n) is 12.1. The lowest BCUT2D eigenvalue weighted by atomic mass is 10.2. The number of carboxylic acids is 1. The number of benzene rings is 2. The second-order valence-electron chi connectivity index (χ2n) is 4.73. The molecule has 0 atom stereocenters. The Bertz CT molecular complexity index is 895. The molecule has 0 unspecified atom stereocenters. The summed E-state index contributed by atoms with van der Waals surface area (Å²) in [5.74, 6) is -0.204. The molecule has 8 heteroatoms. The van der Waals surface area contributed by atoms with Crippen LogP contribution in [0.2, 0.25) is 10.0 Å². The van der Waals surface area contributed by atoms with E-state index in [-0.39, 0.29) is 5.89 Å². The predicted octanol–water partition coefficient (Wildman–Crippen LogP) is 4.17. The maximum atomic E-state index is 10.7. The van der Waals surface area contributed by atoms with Crippen molar-refractivity contribution < 1.29 is 19.2 Å². The first-order valence-corrected chi connectivity index (χ1v) is 7.53. The summed E-state index contributed by atoms with van der Waals surface area (Å²) in [5, 5.41) is 13.5. The van der Waals surface area contributed by atoms with E-state index in [4.69, 9.17) is 37.6 Å². The Kier molecular flexibility index (Phi) is 4.69. The Balaban J connectivity index is 1.93. The monoisotopic (exact) mass is 364 g/mol. The highest BCUT2D eigenvalue weighted by atomic mass is 35.5. The van der Waals surface area contributed by atoms with Gasteiger partial charge in [-0.1, -0.05) is 40.5 Å². The molecule has 2 aromatic carbocycles. The molecule has 1 heterocycles. The first-order chi connectivity index (χ1) is 11.5. The topological polar surface area (TPSA) is 85.5 Å². The average Bonchev–Trinajstić information content (AvgIpc) is 3.05. The molecule has 0 aliphatic carbocycles. The molecular weight excluding hydrogens is 355 g/mol. The van der Waals surface area contributed by atoms with E-state index in [9.17, 15) is 4.79 Å². The molecule has 3 aromatic rings. The summed E-state index contributed by atoms with van der Waals surface area (Å²) in [6.45, 7) is -0.467. The van der Waals surface area contributed by atoms with E-state index in [0.29, 0.717) is 32.7 Å². The Morgan fingerprint density at radius 1 is 1.17 bits per heavy atom. The zero-order chi connectivity index (χ0) is 17.1. The number of rotatable bonds is 5. The van der Waals surface area contributed by atoms with Gasteiger partial charge in [0, 0.05) is 5.56 Å². The van der Waals surface area contributed by atoms with Crippen LogP contribution >= 0.6 is 23.2 Å². The van der Waals surface area contributed by atoms with Crippen LogP contribution in [0.4, 0.5) is 0 Å². The molecule has 0 fully saturated rings. The lowest BCUT2D eigenvalue weighted by Gasteiger charge is -2.06. The highest BCUT2D eigenvalue weighted by Crippen LogP contribution is 2.31. The van der Waals surface area contributed by atoms with Gasteiger partial charge in [0.15, 0.2) is 6.61 Å². The molecule has 1 aromatic heterocycles. The predicted molar refractivity (Wildman–Crippen MR) is 88.3 cm³/mol. The Labute approximate surface area is 146 Å². The van der Waals surface area contributed by atoms with Gasteiger partial charge in [-0.15, -0.1) is 0 Å². The smallest absolute Gasteiger partial charge is 0.341 e. The van der Waals surface area contributed by atoms with Gasteiger partial charge in [-0.3, -0.25) is 0 Å². The van der Waals surface area contributed by atoms with E-state index in [2.05, 4.69) is 10.1 Å². The van der Waals surface area contributed by atoms with Crippen molar-refractivity contribution in [1.29, 1.82) is 0 Å². The molecule has 0 aliphatic rings. The number of ether oxygens (including phenoxy) is 1. The van der Waals surface area contributed by atoms with Gasteiger partial charge in [0.05, 0.1) is 15.6 Å². The molecule has 122 valence electrons. The molecule has 0 radical (unpaired) electrons. The molecule has 0 aliphatic heterocycles. The number of aromatic nitrogens is 2. The molecule has 0 amide bonds. The molecule has 0 saturated carbocycles. The van der Waals surface area contributed by atoms with Gasteiger partial charge in [-0.2, -0.15) is 4.98 Å². The largest absolute Gasteiger partial charge is 0.481 e. The van der Waals surface area contributed by atoms with Crippen LogP contribution in [0, 0.1) is 0 Å². The summed E-state index contributed by atoms with van der Waals surface area (Å²) < 4.78 is 10.5. The number of nitrogens with zero attached hydrogens (tertiary/aromatic N) is 2. The van der Waals surface area contributed by atoms with Crippen molar-refractivity contribution in [1.82, 2.24) is 10.1 Å². The Hall–Kier alpha value is -2.57. The highest BCUT2D eigenvalue weighted by Gasteiger charge is 2.16. The van der Waals surface area contributed by atoms with E-state index >= 15 is 0 Å². The van der Waals surface area contributed by atoms with E-state index in [1.54, 1.807) is 42.5 Å². The summed E-state index contributed by atoms with van der Waals surface area (Å²) in [4.78, 5) is 15.0. The zero-order valence-corrected chi connectivity index (χ0v) is 13.6. The average molecular weight is 365 g/mol. The fourth-order valence-electron chi connectivity index (χ4n) is 1.99. The van der Waals surface area contributed by atoms with E-state index < -0.39 is 12.6 Å². The van der Waals surface area contributed by atoms with Gasteiger partial charge < -0.3 is 14.4 Å². The lowest BCUT2D eigenvalue weighted by molar-refractivity contribution is -0.139. The van der Waals surface area contributed by atoms with Crippen LogP contribution in [0.5, 0.6) is 5.75 Å². The maximum Gasteiger partial charge on any atom is 0.341 e. The van der Waals surface area contributed by atoms with E-state index in [0.717, 1.165) is 0 Å². The van der Waals surface area contributed by atoms with Gasteiger partial charge in [0.25, 0.3) is 5.89 Å². The van der Waals surface area contributed by atoms with Crippen LogP contribution in [-0.4, -0.2) is 27.8 Å². The molecule has 24 heavy (non-hydrogen) atoms. The fraction of sp³-hybridized carbons (Fsp3) is 0.0625. The SMILES string of the molecule is O=C(O)COc1ccccc1-c1nc(-c2ccc(Cl)c(Cl)c2)no1. The van der Waals surface area contributed by atoms with Crippen LogP contribution in [-0.2, 0) is 4.79 Å². The van der Waals surface area contributed by atoms with Crippen molar-refractivity contribution in [2.24, 2.45) is 0 Å². The molecule has 0 saturated heterocycles. The second kappa shape index (κ2) is 6.90. The number of para-hydroxylation sites is 1. The molecule has 0 spiro atoms. The van der Waals surface area contributed by atoms with Crippen molar-refractivity contribution in [3.63, 3.8) is 0 Å². The molecule has 0 bridgehead atoms. The lowest BCUT2D eigenvalue weighted by Crippen LogP contribution is -2.09. The third-order valence-corrected chi connectivity index (χ3v) is 3.81. The summed E-state index contributed by atoms with van der Waals surface area (Å²) in [6, 6.07) is 11.8. The molecule has 1 N–H and O–H groups in total. The summed E-state index contributed by atoms with van der Waals surface area (Å²) in [6.07, 6.45) is 0. The number of hydrogen-bond acceptors (Lipinski definition) is 5. The number of hydrogen-bond donors (Lipinski definition) is 1. The van der Waals surface area contributed by atoms with Gasteiger partial charge >= 0.3 is 5.97 Å². The van der Waals surface area contributed by atoms with Crippen LogP contribution in [0.15, 0.2) is 47.0 Å². The Morgan fingerprint density at radius 3 is 2.71 bits per heavy atom. The van der Waals surface area contributed by atoms with Crippen molar-refractivity contribution in [3.8, 4) is 28.6 Å². The Morgan fingerprint density at radius 2 is 1.96 bits per heavy atom. The minimum absolute atomic E-state index is 0.206. The molecular formula is C16H10Cl2N2O4. The minimum Gasteiger partial charge on any atom is -0.481 e. The second-order valence-corrected chi connectivity index (χ2v) is 5.54. The third kappa shape index (κ3) is 3.50. The van der Waals surface area contributed by atoms with Gasteiger partial charge in [-0.25, -0.2) is 4.79 Å². The summed E-state index contributed by atoms with van der Waals surface area (Å²) in [7, 11) is 0. The van der Waals surface area contributed by atoms with Crippen LogP contribution in [0.25, 0.3) is 22.8 Å². The fourth-order valence-corrected chi connectivity index (χ4v) is 2.29. The third-order valence-electron chi connectivity index (χ3n) is 3.07. The van der Waals surface area contributed by atoms with Gasteiger partial charge in [0.1, 0.15) is 5.75 Å². The van der Waals surface area contributed by atoms with Crippen LogP contribution in [0.3, 0.4) is 0 Å². The van der Waals surface area contributed by atoms with Crippen LogP contribution < -0.4 is 4.74 Å². The summed E-state index contributed by atoms with van der Waals surface area (Å²) >= 11 is 11.9. The maximum absolute atomic E-state index is 10.7. The van der Waals surface area contributed by atoms with Crippen molar-refractivity contribution in [2.75, 3.05) is 6.61 Å². The molecule has 6 nitrogen and oxygen atoms in total. The van der Waals surface area contributed by atoms with Gasteiger partial charge in [0.2, 0.25) is 5.82 Å². The highest BCUT2D eigenvalue weighted by molar-refractivity contribution is 6.42. The van der Waals surface area contributed by atoms with E-state index in [1.165, 1.54) is 0 Å². The van der Waals surface area contributed by atoms with Gasteiger partial charge in [-0.05, 0) is 30.3 Å². The van der Waals surface area contributed by atoms with Crippen LogP contribution in [0.1, 0.15) is 0 Å². The van der Waals surface area contributed by atoms with Crippen molar-refractivity contribution in [3.05, 3.63) is 52.5 Å². The first-order valence-electron chi connectivity index (χ1n) is 6.77. The summed E-state index contributed by atoms with van der Waals surface area (Å²) in [5.41, 5.74) is 1.14. The normalized spacial score (nSPS) is 10.6. The van der Waals surface area contributed by atoms with E-state index in [1.807, 2.05) is 0 Å². The quantitative estimate of drug-likeness (QED) is 0.730. The number of carbonyl (C=O) groups is 1. The number of carboxylic acid groups (broad SMARTS) is 1. The van der Waals surface area contributed by atoms with Crippen molar-refractivity contribution >= 4 is 29.2 Å². The molecule has 3 rings (SSSR count). The number of halogens is 2. The minimum atomic E-state index is -1.08. The standard InChI is InChI=1S/C16H10Cl2N2O4/c17-11-6-5-9(7-12(11)18)15-19-16(24-20-15)10-3-1-2-4-13(10)23-8-14(21)22/h1-7H,8H2,(H,21,22). The van der Waals surface area contributed by atoms with Crippen molar-refractivity contribution in [2.45, 2.75) is 0 Å². The first kappa shape index (κ1) is 16.3.